The van der Waals surface area contributed by atoms with Crippen molar-refractivity contribution in [3.05, 3.63) is 47.8 Å². The average Bonchev–Trinajstić information content (AvgIpc) is 3.15. The molecule has 3 rings (SSSR count). The molecule has 2 heterocycles. The summed E-state index contributed by atoms with van der Waals surface area (Å²) >= 11 is 0. The van der Waals surface area contributed by atoms with E-state index < -0.39 is 0 Å². The standard InChI is InChI=1S/C17H20N4O3/c1-10(2)15(16-19-11(3)21-24-16)20-17(22)18-9-13-8-12-6-4-5-7-14(12)23-13/h4-8,10,15H,9H2,1-3H3,(H2,18,20,22). The molecule has 7 heteroatoms. The summed E-state index contributed by atoms with van der Waals surface area (Å²) in [4.78, 5) is 16.4. The van der Waals surface area contributed by atoms with E-state index in [9.17, 15) is 4.79 Å². The summed E-state index contributed by atoms with van der Waals surface area (Å²) in [5.74, 6) is 1.75. The van der Waals surface area contributed by atoms with Gasteiger partial charge >= 0.3 is 6.03 Å². The molecule has 0 saturated heterocycles. The van der Waals surface area contributed by atoms with Gasteiger partial charge < -0.3 is 19.6 Å². The number of urea groups is 1. The molecule has 0 fully saturated rings. The van der Waals surface area contributed by atoms with Crippen molar-refractivity contribution >= 4 is 17.0 Å². The van der Waals surface area contributed by atoms with Crippen molar-refractivity contribution < 1.29 is 13.7 Å². The molecule has 2 aromatic heterocycles. The van der Waals surface area contributed by atoms with E-state index in [1.807, 2.05) is 44.2 Å². The summed E-state index contributed by atoms with van der Waals surface area (Å²) in [6.07, 6.45) is 0. The van der Waals surface area contributed by atoms with E-state index in [0.29, 0.717) is 24.0 Å². The van der Waals surface area contributed by atoms with Gasteiger partial charge in [-0.05, 0) is 25.0 Å². The SMILES string of the molecule is Cc1noc(C(NC(=O)NCc2cc3ccccc3o2)C(C)C)n1. The molecule has 0 aliphatic heterocycles. The summed E-state index contributed by atoms with van der Waals surface area (Å²) in [6, 6.07) is 8.97. The zero-order valence-electron chi connectivity index (χ0n) is 13.9. The lowest BCUT2D eigenvalue weighted by atomic mass is 10.0. The Labute approximate surface area is 139 Å². The molecule has 0 radical (unpaired) electrons. The van der Waals surface area contributed by atoms with Gasteiger partial charge in [-0.1, -0.05) is 37.2 Å². The van der Waals surface area contributed by atoms with Crippen molar-refractivity contribution in [1.29, 1.82) is 0 Å². The molecule has 24 heavy (non-hydrogen) atoms. The predicted octanol–water partition coefficient (Wildman–Crippen LogP) is 3.32. The number of aryl methyl sites for hydroxylation is 1. The van der Waals surface area contributed by atoms with Gasteiger partial charge in [0.1, 0.15) is 17.4 Å². The second-order valence-corrected chi connectivity index (χ2v) is 5.98. The van der Waals surface area contributed by atoms with Gasteiger partial charge in [-0.3, -0.25) is 0 Å². The van der Waals surface area contributed by atoms with E-state index in [-0.39, 0.29) is 18.0 Å². The third-order valence-electron chi connectivity index (χ3n) is 3.66. The van der Waals surface area contributed by atoms with Gasteiger partial charge in [-0.2, -0.15) is 4.98 Å². The van der Waals surface area contributed by atoms with Crippen LogP contribution in [0.15, 0.2) is 39.3 Å². The maximum absolute atomic E-state index is 12.2. The van der Waals surface area contributed by atoms with E-state index in [2.05, 4.69) is 20.8 Å². The second kappa shape index (κ2) is 6.74. The molecule has 0 aliphatic rings. The first-order chi connectivity index (χ1) is 11.5. The first-order valence-electron chi connectivity index (χ1n) is 7.85. The van der Waals surface area contributed by atoms with Gasteiger partial charge in [0.05, 0.1) is 6.54 Å². The fourth-order valence-electron chi connectivity index (χ4n) is 2.44. The van der Waals surface area contributed by atoms with Gasteiger partial charge in [0, 0.05) is 5.39 Å². The third-order valence-corrected chi connectivity index (χ3v) is 3.66. The molecule has 2 N–H and O–H groups in total. The van der Waals surface area contributed by atoms with Crippen LogP contribution in [0.25, 0.3) is 11.0 Å². The first kappa shape index (κ1) is 16.0. The van der Waals surface area contributed by atoms with E-state index in [4.69, 9.17) is 8.94 Å². The van der Waals surface area contributed by atoms with Gasteiger partial charge in [0.15, 0.2) is 5.82 Å². The monoisotopic (exact) mass is 328 g/mol. The Hall–Kier alpha value is -2.83. The molecule has 0 spiro atoms. The van der Waals surface area contributed by atoms with Crippen molar-refractivity contribution in [2.45, 2.75) is 33.4 Å². The normalized spacial score (nSPS) is 12.5. The summed E-state index contributed by atoms with van der Waals surface area (Å²) < 4.78 is 10.8. The molecule has 0 aliphatic carbocycles. The Morgan fingerprint density at radius 3 is 2.75 bits per heavy atom. The lowest BCUT2D eigenvalue weighted by Gasteiger charge is -2.18. The predicted molar refractivity (Wildman–Crippen MR) is 88.2 cm³/mol. The van der Waals surface area contributed by atoms with Crippen molar-refractivity contribution in [3.63, 3.8) is 0 Å². The number of nitrogens with zero attached hydrogens (tertiary/aromatic N) is 2. The molecular formula is C17H20N4O3. The van der Waals surface area contributed by atoms with E-state index in [0.717, 1.165) is 11.0 Å². The number of furan rings is 1. The molecule has 7 nitrogen and oxygen atoms in total. The first-order valence-corrected chi connectivity index (χ1v) is 7.85. The van der Waals surface area contributed by atoms with Crippen LogP contribution in [0.1, 0.15) is 37.4 Å². The molecule has 2 amide bonds. The fraction of sp³-hybridized carbons (Fsp3) is 0.353. The van der Waals surface area contributed by atoms with Crippen molar-refractivity contribution in [3.8, 4) is 0 Å². The highest BCUT2D eigenvalue weighted by Gasteiger charge is 2.24. The number of carbonyl (C=O) groups is 1. The van der Waals surface area contributed by atoms with Crippen LogP contribution < -0.4 is 10.6 Å². The summed E-state index contributed by atoms with van der Waals surface area (Å²) in [6.45, 7) is 5.99. The Bertz CT molecular complexity index is 804. The van der Waals surface area contributed by atoms with Gasteiger partial charge in [0.25, 0.3) is 0 Å². The number of rotatable bonds is 5. The lowest BCUT2D eigenvalue weighted by molar-refractivity contribution is 0.223. The zero-order valence-corrected chi connectivity index (χ0v) is 13.9. The molecular weight excluding hydrogens is 308 g/mol. The summed E-state index contributed by atoms with van der Waals surface area (Å²) in [7, 11) is 0. The number of nitrogens with one attached hydrogen (secondary N) is 2. The highest BCUT2D eigenvalue weighted by atomic mass is 16.5. The van der Waals surface area contributed by atoms with Crippen LogP contribution in [-0.4, -0.2) is 16.2 Å². The molecule has 0 bridgehead atoms. The molecule has 1 aromatic carbocycles. The fourth-order valence-corrected chi connectivity index (χ4v) is 2.44. The third kappa shape index (κ3) is 3.56. The van der Waals surface area contributed by atoms with Crippen LogP contribution >= 0.6 is 0 Å². The Kier molecular flexibility index (Phi) is 4.50. The zero-order chi connectivity index (χ0) is 17.1. The largest absolute Gasteiger partial charge is 0.459 e. The van der Waals surface area contributed by atoms with Crippen molar-refractivity contribution in [1.82, 2.24) is 20.8 Å². The number of hydrogen-bond acceptors (Lipinski definition) is 5. The molecule has 0 saturated carbocycles. The van der Waals surface area contributed by atoms with E-state index in [1.165, 1.54) is 0 Å². The van der Waals surface area contributed by atoms with Crippen LogP contribution in [0.3, 0.4) is 0 Å². The Morgan fingerprint density at radius 1 is 1.29 bits per heavy atom. The minimum absolute atomic E-state index is 0.113. The summed E-state index contributed by atoms with van der Waals surface area (Å²) in [5.41, 5.74) is 0.802. The van der Waals surface area contributed by atoms with Gasteiger partial charge in [-0.15, -0.1) is 0 Å². The molecule has 126 valence electrons. The smallest absolute Gasteiger partial charge is 0.315 e. The maximum Gasteiger partial charge on any atom is 0.315 e. The topological polar surface area (TPSA) is 93.2 Å². The van der Waals surface area contributed by atoms with E-state index >= 15 is 0 Å². The number of para-hydroxylation sites is 1. The van der Waals surface area contributed by atoms with E-state index in [1.54, 1.807) is 6.92 Å². The number of benzene rings is 1. The van der Waals surface area contributed by atoms with Gasteiger partial charge in [0.2, 0.25) is 5.89 Å². The minimum atomic E-state index is -0.345. The average molecular weight is 328 g/mol. The number of fused-ring (bicyclic) bond motifs is 1. The van der Waals surface area contributed by atoms with Crippen molar-refractivity contribution in [2.24, 2.45) is 5.92 Å². The highest BCUT2D eigenvalue weighted by Crippen LogP contribution is 2.20. The molecule has 1 atom stereocenters. The van der Waals surface area contributed by atoms with Crippen LogP contribution in [0.5, 0.6) is 0 Å². The van der Waals surface area contributed by atoms with Crippen LogP contribution in [0, 0.1) is 12.8 Å². The molecule has 3 aromatic rings. The highest BCUT2D eigenvalue weighted by molar-refractivity contribution is 5.78. The number of hydrogen-bond donors (Lipinski definition) is 2. The minimum Gasteiger partial charge on any atom is -0.459 e. The second-order valence-electron chi connectivity index (χ2n) is 5.98. The number of amides is 2. The quantitative estimate of drug-likeness (QED) is 0.749. The Morgan fingerprint density at radius 2 is 2.08 bits per heavy atom. The summed E-state index contributed by atoms with van der Waals surface area (Å²) in [5, 5.41) is 10.4. The molecule has 1 unspecified atom stereocenters. The number of carbonyl (C=O) groups excluding carboxylic acids is 1. The number of aromatic nitrogens is 2. The lowest BCUT2D eigenvalue weighted by Crippen LogP contribution is -2.39. The Balaban J connectivity index is 1.61. The van der Waals surface area contributed by atoms with Crippen molar-refractivity contribution in [2.75, 3.05) is 0 Å². The van der Waals surface area contributed by atoms with Crippen LogP contribution in [0.2, 0.25) is 0 Å². The maximum atomic E-state index is 12.2. The van der Waals surface area contributed by atoms with Crippen LogP contribution in [0.4, 0.5) is 4.79 Å². The van der Waals surface area contributed by atoms with Gasteiger partial charge in [-0.25, -0.2) is 4.79 Å². The van der Waals surface area contributed by atoms with Crippen LogP contribution in [-0.2, 0) is 6.54 Å².